The Morgan fingerprint density at radius 1 is 1.00 bits per heavy atom. The van der Waals surface area contributed by atoms with Crippen LogP contribution in [0, 0.1) is 0 Å². The predicted molar refractivity (Wildman–Crippen MR) is 134 cm³/mol. The van der Waals surface area contributed by atoms with Crippen molar-refractivity contribution in [1.82, 2.24) is 4.90 Å². The normalized spacial score (nSPS) is 14.9. The van der Waals surface area contributed by atoms with Gasteiger partial charge in [0.15, 0.2) is 6.79 Å². The smallest absolute Gasteiger partial charge is 0.337 e. The van der Waals surface area contributed by atoms with Gasteiger partial charge in [0.1, 0.15) is 5.75 Å². The maximum absolute atomic E-state index is 12.0. The zero-order valence-electron chi connectivity index (χ0n) is 21.1. The molecule has 0 aliphatic heterocycles. The number of nitrogens with zero attached hydrogens (tertiary/aromatic N) is 1. The van der Waals surface area contributed by atoms with Crippen LogP contribution in [0.25, 0.3) is 0 Å². The topological polar surface area (TPSA) is 74.3 Å². The zero-order valence-corrected chi connectivity index (χ0v) is 21.1. The van der Waals surface area contributed by atoms with Gasteiger partial charge in [0.2, 0.25) is 0 Å². The summed E-state index contributed by atoms with van der Waals surface area (Å²) in [6.07, 6.45) is 6.05. The maximum Gasteiger partial charge on any atom is 0.337 e. The molecule has 1 aliphatic carbocycles. The van der Waals surface area contributed by atoms with Crippen LogP contribution in [0.15, 0.2) is 42.5 Å². The van der Waals surface area contributed by atoms with Gasteiger partial charge in [-0.25, -0.2) is 4.79 Å². The van der Waals surface area contributed by atoms with E-state index >= 15 is 0 Å². The molecule has 0 heterocycles. The molecule has 35 heavy (non-hydrogen) atoms. The fourth-order valence-corrected chi connectivity index (χ4v) is 4.76. The first-order valence-corrected chi connectivity index (χ1v) is 12.3. The second kappa shape index (κ2) is 13.9. The van der Waals surface area contributed by atoms with Gasteiger partial charge in [-0.05, 0) is 80.0 Å². The van der Waals surface area contributed by atoms with E-state index in [2.05, 4.69) is 17.0 Å². The Morgan fingerprint density at radius 3 is 2.60 bits per heavy atom. The molecule has 0 radical (unpaired) electrons. The van der Waals surface area contributed by atoms with Gasteiger partial charge in [0.05, 0.1) is 19.8 Å². The highest BCUT2D eigenvalue weighted by Gasteiger charge is 2.27. The molecule has 1 atom stereocenters. The molecule has 7 heteroatoms. The van der Waals surface area contributed by atoms with Crippen LogP contribution in [0.3, 0.4) is 0 Å². The molecule has 1 aliphatic rings. The fourth-order valence-electron chi connectivity index (χ4n) is 4.76. The van der Waals surface area contributed by atoms with Crippen molar-refractivity contribution in [1.29, 1.82) is 0 Å². The molecule has 0 N–H and O–H groups in total. The molecular formula is C28H37NO6. The van der Waals surface area contributed by atoms with E-state index in [9.17, 15) is 9.59 Å². The van der Waals surface area contributed by atoms with Gasteiger partial charge < -0.3 is 18.9 Å². The number of hydrogen-bond acceptors (Lipinski definition) is 7. The van der Waals surface area contributed by atoms with E-state index in [-0.39, 0.29) is 24.8 Å². The Bertz CT molecular complexity index is 976. The lowest BCUT2D eigenvalue weighted by atomic mass is 9.85. The number of fused-ring (bicyclic) bond motifs is 1. The molecule has 1 unspecified atom stereocenters. The number of rotatable bonds is 13. The minimum atomic E-state index is -0.303. The first-order chi connectivity index (χ1) is 17.1. The molecule has 0 fully saturated rings. The van der Waals surface area contributed by atoms with Crippen LogP contribution in [-0.4, -0.2) is 58.1 Å². The van der Waals surface area contributed by atoms with Crippen LogP contribution in [-0.2, 0) is 31.8 Å². The Labute approximate surface area is 208 Å². The van der Waals surface area contributed by atoms with Crippen LogP contribution >= 0.6 is 0 Å². The summed E-state index contributed by atoms with van der Waals surface area (Å²) < 4.78 is 20.6. The molecule has 7 nitrogen and oxygen atoms in total. The number of ether oxygens (including phenoxy) is 4. The van der Waals surface area contributed by atoms with Crippen molar-refractivity contribution in [3.8, 4) is 5.75 Å². The van der Waals surface area contributed by atoms with Gasteiger partial charge in [0.25, 0.3) is 0 Å². The summed E-state index contributed by atoms with van der Waals surface area (Å²) >= 11 is 0. The Morgan fingerprint density at radius 2 is 1.83 bits per heavy atom. The van der Waals surface area contributed by atoms with E-state index in [4.69, 9.17) is 18.9 Å². The van der Waals surface area contributed by atoms with Gasteiger partial charge in [-0.15, -0.1) is 0 Å². The van der Waals surface area contributed by atoms with E-state index in [1.807, 2.05) is 30.3 Å². The summed E-state index contributed by atoms with van der Waals surface area (Å²) in [5.41, 5.74) is 4.23. The summed E-state index contributed by atoms with van der Waals surface area (Å²) in [6.45, 7) is 1.95. The third-order valence-electron chi connectivity index (χ3n) is 6.56. The number of methoxy groups -OCH3 is 3. The van der Waals surface area contributed by atoms with Crippen molar-refractivity contribution in [3.05, 3.63) is 64.7 Å². The third-order valence-corrected chi connectivity index (χ3v) is 6.56. The molecule has 0 amide bonds. The van der Waals surface area contributed by atoms with Crippen molar-refractivity contribution in [2.75, 3.05) is 41.2 Å². The Hall–Kier alpha value is -2.90. The maximum atomic E-state index is 12.0. The van der Waals surface area contributed by atoms with E-state index in [1.165, 1.54) is 25.3 Å². The minimum Gasteiger partial charge on any atom is -0.469 e. The molecule has 0 bridgehead atoms. The monoisotopic (exact) mass is 483 g/mol. The summed E-state index contributed by atoms with van der Waals surface area (Å²) in [6, 6.07) is 14.3. The average molecular weight is 484 g/mol. The highest BCUT2D eigenvalue weighted by atomic mass is 16.7. The highest BCUT2D eigenvalue weighted by molar-refractivity contribution is 5.89. The summed E-state index contributed by atoms with van der Waals surface area (Å²) in [4.78, 5) is 26.1. The summed E-state index contributed by atoms with van der Waals surface area (Å²) in [5, 5.41) is 0. The van der Waals surface area contributed by atoms with E-state index in [0.29, 0.717) is 12.0 Å². The van der Waals surface area contributed by atoms with Crippen molar-refractivity contribution in [2.45, 2.75) is 51.0 Å². The number of aryl methyl sites for hydroxylation is 1. The highest BCUT2D eigenvalue weighted by Crippen LogP contribution is 2.35. The van der Waals surface area contributed by atoms with Gasteiger partial charge >= 0.3 is 11.9 Å². The second-order valence-electron chi connectivity index (χ2n) is 8.79. The van der Waals surface area contributed by atoms with Crippen LogP contribution in [0.1, 0.15) is 65.2 Å². The standard InChI is InChI=1S/C28H37NO6/c1-32-20-35-26-12-5-4-9-21(26)16-18-29(17-7-6-13-27(30)33-2)25-11-8-10-22-19-23(28(31)34-3)14-15-24(22)25/h4-5,9,12,14-15,19,25H,6-8,10-11,13,16-18,20H2,1-3H3. The largest absolute Gasteiger partial charge is 0.469 e. The van der Waals surface area contributed by atoms with Crippen molar-refractivity contribution < 1.29 is 28.5 Å². The molecule has 0 aromatic heterocycles. The first kappa shape index (κ1) is 26.7. The molecule has 190 valence electrons. The molecule has 3 rings (SSSR count). The molecule has 0 saturated heterocycles. The van der Waals surface area contributed by atoms with Crippen molar-refractivity contribution in [3.63, 3.8) is 0 Å². The van der Waals surface area contributed by atoms with Gasteiger partial charge in [-0.1, -0.05) is 24.3 Å². The molecule has 0 spiro atoms. The minimum absolute atomic E-state index is 0.167. The van der Waals surface area contributed by atoms with E-state index in [1.54, 1.807) is 7.11 Å². The first-order valence-electron chi connectivity index (χ1n) is 12.3. The summed E-state index contributed by atoms with van der Waals surface area (Å²) in [7, 11) is 4.46. The number of carbonyl (C=O) groups is 2. The van der Waals surface area contributed by atoms with Crippen LogP contribution in [0.2, 0.25) is 0 Å². The molecule has 2 aromatic rings. The van der Waals surface area contributed by atoms with Crippen LogP contribution in [0.4, 0.5) is 0 Å². The second-order valence-corrected chi connectivity index (χ2v) is 8.79. The van der Waals surface area contributed by atoms with Gasteiger partial charge in [-0.3, -0.25) is 9.69 Å². The lowest BCUT2D eigenvalue weighted by Crippen LogP contribution is -2.34. The number of unbranched alkanes of at least 4 members (excludes halogenated alkanes) is 1. The quantitative estimate of drug-likeness (QED) is 0.232. The zero-order chi connectivity index (χ0) is 25.0. The lowest BCUT2D eigenvalue weighted by molar-refractivity contribution is -0.140. The van der Waals surface area contributed by atoms with E-state index < -0.39 is 0 Å². The van der Waals surface area contributed by atoms with Crippen molar-refractivity contribution in [2.24, 2.45) is 0 Å². The lowest BCUT2D eigenvalue weighted by Gasteiger charge is -2.36. The number of carbonyl (C=O) groups excluding carboxylic acids is 2. The van der Waals surface area contributed by atoms with Gasteiger partial charge in [0, 0.05) is 26.1 Å². The molecule has 2 aromatic carbocycles. The molecule has 0 saturated carbocycles. The number of hydrogen-bond donors (Lipinski definition) is 0. The van der Waals surface area contributed by atoms with Crippen LogP contribution < -0.4 is 4.74 Å². The SMILES string of the molecule is COCOc1ccccc1CCN(CCCCC(=O)OC)C1CCCc2cc(C(=O)OC)ccc21. The number of esters is 2. The fraction of sp³-hybridized carbons (Fsp3) is 0.500. The van der Waals surface area contributed by atoms with Gasteiger partial charge in [-0.2, -0.15) is 0 Å². The Balaban J connectivity index is 1.78. The van der Waals surface area contributed by atoms with Crippen LogP contribution in [0.5, 0.6) is 5.75 Å². The van der Waals surface area contributed by atoms with Crippen molar-refractivity contribution >= 4 is 11.9 Å². The average Bonchev–Trinajstić information content (AvgIpc) is 2.90. The summed E-state index contributed by atoms with van der Waals surface area (Å²) in [5.74, 6) is 0.369. The number of benzene rings is 2. The third kappa shape index (κ3) is 7.54. The van der Waals surface area contributed by atoms with E-state index in [0.717, 1.165) is 62.9 Å². The predicted octanol–water partition coefficient (Wildman–Crippen LogP) is 4.72. The Kier molecular flexibility index (Phi) is 10.6. The number of para-hydroxylation sites is 1. The molecular weight excluding hydrogens is 446 g/mol.